The van der Waals surface area contributed by atoms with Crippen molar-refractivity contribution in [1.82, 2.24) is 9.71 Å². The molecule has 0 spiro atoms. The van der Waals surface area contributed by atoms with E-state index in [1.54, 1.807) is 13.0 Å². The van der Waals surface area contributed by atoms with Crippen molar-refractivity contribution in [3.63, 3.8) is 0 Å². The maximum atomic E-state index is 11.6. The van der Waals surface area contributed by atoms with Crippen molar-refractivity contribution in [3.05, 3.63) is 24.0 Å². The number of hydrogen-bond donors (Lipinski definition) is 2. The molecule has 1 aromatic heterocycles. The molecule has 0 fully saturated rings. The van der Waals surface area contributed by atoms with E-state index in [4.69, 9.17) is 5.11 Å². The lowest BCUT2D eigenvalue weighted by Crippen LogP contribution is -2.38. The molecule has 1 aromatic rings. The lowest BCUT2D eigenvalue weighted by molar-refractivity contribution is -0.138. The molecule has 16 heavy (non-hydrogen) atoms. The summed E-state index contributed by atoms with van der Waals surface area (Å²) in [4.78, 5) is 14.3. The molecule has 1 rings (SSSR count). The third kappa shape index (κ3) is 3.01. The second-order valence-electron chi connectivity index (χ2n) is 3.32. The van der Waals surface area contributed by atoms with Crippen LogP contribution in [-0.2, 0) is 14.8 Å². The van der Waals surface area contributed by atoms with Gasteiger partial charge in [-0.2, -0.15) is 4.72 Å². The van der Waals surface area contributed by atoms with Gasteiger partial charge in [0.15, 0.2) is 0 Å². The van der Waals surface area contributed by atoms with Crippen molar-refractivity contribution in [1.29, 1.82) is 0 Å². The van der Waals surface area contributed by atoms with Gasteiger partial charge in [-0.3, -0.25) is 9.78 Å². The minimum absolute atomic E-state index is 0.0498. The molecule has 1 heterocycles. The Morgan fingerprint density at radius 3 is 2.56 bits per heavy atom. The van der Waals surface area contributed by atoms with Crippen molar-refractivity contribution in [3.8, 4) is 0 Å². The molecule has 0 radical (unpaired) electrons. The Hall–Kier alpha value is -1.47. The van der Waals surface area contributed by atoms with Crippen LogP contribution in [-0.4, -0.2) is 30.5 Å². The van der Waals surface area contributed by atoms with Crippen LogP contribution in [0.25, 0.3) is 0 Å². The predicted octanol–water partition coefficient (Wildman–Crippen LogP) is 0.141. The molecule has 2 N–H and O–H groups in total. The molecule has 1 atom stereocenters. The van der Waals surface area contributed by atoms with Gasteiger partial charge in [-0.25, -0.2) is 8.42 Å². The molecule has 0 aliphatic heterocycles. The van der Waals surface area contributed by atoms with Crippen molar-refractivity contribution >= 4 is 16.0 Å². The number of aromatic nitrogens is 1. The number of hydrogen-bond acceptors (Lipinski definition) is 4. The minimum atomic E-state index is -3.81. The third-order valence-corrected chi connectivity index (χ3v) is 3.42. The highest BCUT2D eigenvalue weighted by atomic mass is 32.2. The number of nitrogens with one attached hydrogen (secondary N) is 1. The van der Waals surface area contributed by atoms with Crippen molar-refractivity contribution in [2.75, 3.05) is 0 Å². The predicted molar refractivity (Wildman–Crippen MR) is 56.4 cm³/mol. The summed E-state index contributed by atoms with van der Waals surface area (Å²) < 4.78 is 25.3. The third-order valence-electron chi connectivity index (χ3n) is 1.90. The van der Waals surface area contributed by atoms with E-state index in [1.807, 2.05) is 4.72 Å². The Morgan fingerprint density at radius 1 is 1.50 bits per heavy atom. The zero-order valence-electron chi connectivity index (χ0n) is 8.84. The Morgan fingerprint density at radius 2 is 2.12 bits per heavy atom. The molecule has 1 unspecified atom stereocenters. The second kappa shape index (κ2) is 4.58. The van der Waals surface area contributed by atoms with Gasteiger partial charge < -0.3 is 5.11 Å². The number of aryl methyl sites for hydroxylation is 1. The number of carboxylic acids is 1. The average Bonchev–Trinajstić information content (AvgIpc) is 2.17. The lowest BCUT2D eigenvalue weighted by Gasteiger charge is -2.09. The van der Waals surface area contributed by atoms with Crippen LogP contribution in [0.1, 0.15) is 12.6 Å². The monoisotopic (exact) mass is 244 g/mol. The molecule has 0 bridgehead atoms. The van der Waals surface area contributed by atoms with Gasteiger partial charge in [-0.05, 0) is 26.0 Å². The Balaban J connectivity index is 2.94. The van der Waals surface area contributed by atoms with Crippen LogP contribution in [0.5, 0.6) is 0 Å². The first-order valence-electron chi connectivity index (χ1n) is 4.51. The second-order valence-corrected chi connectivity index (χ2v) is 5.03. The summed E-state index contributed by atoms with van der Waals surface area (Å²) in [5.41, 5.74) is 0.685. The van der Waals surface area contributed by atoms with Crippen LogP contribution in [0.4, 0.5) is 0 Å². The number of rotatable bonds is 4. The van der Waals surface area contributed by atoms with Gasteiger partial charge in [0.2, 0.25) is 10.0 Å². The SMILES string of the molecule is Cc1ccc(S(=O)(=O)NC(C)C(=O)O)cn1. The van der Waals surface area contributed by atoms with Gasteiger partial charge in [0, 0.05) is 11.9 Å². The fourth-order valence-corrected chi connectivity index (χ4v) is 2.11. The number of carboxylic acid groups (broad SMARTS) is 1. The highest BCUT2D eigenvalue weighted by molar-refractivity contribution is 7.89. The topological polar surface area (TPSA) is 96.4 Å². The summed E-state index contributed by atoms with van der Waals surface area (Å²) in [6, 6.07) is 1.74. The van der Waals surface area contributed by atoms with E-state index >= 15 is 0 Å². The van der Waals surface area contributed by atoms with Gasteiger partial charge in [0.05, 0.1) is 0 Å². The number of nitrogens with zero attached hydrogens (tertiary/aromatic N) is 1. The van der Waals surface area contributed by atoms with Crippen molar-refractivity contribution < 1.29 is 18.3 Å². The molecule has 0 aromatic carbocycles. The van der Waals surface area contributed by atoms with Gasteiger partial charge in [0.25, 0.3) is 0 Å². The molecule has 0 amide bonds. The largest absolute Gasteiger partial charge is 0.480 e. The highest BCUT2D eigenvalue weighted by Gasteiger charge is 2.21. The summed E-state index contributed by atoms with van der Waals surface area (Å²) in [6.45, 7) is 2.98. The summed E-state index contributed by atoms with van der Waals surface area (Å²) in [7, 11) is -3.81. The number of pyridine rings is 1. The smallest absolute Gasteiger partial charge is 0.321 e. The first-order chi connectivity index (χ1) is 7.33. The molecule has 0 saturated heterocycles. The lowest BCUT2D eigenvalue weighted by atomic mass is 10.4. The highest BCUT2D eigenvalue weighted by Crippen LogP contribution is 2.07. The zero-order valence-corrected chi connectivity index (χ0v) is 9.65. The molecule has 88 valence electrons. The van der Waals surface area contributed by atoms with Crippen LogP contribution in [0, 0.1) is 6.92 Å². The first-order valence-corrected chi connectivity index (χ1v) is 5.99. The Labute approximate surface area is 93.4 Å². The Kier molecular flexibility index (Phi) is 3.61. The molecule has 0 aliphatic rings. The number of sulfonamides is 1. The summed E-state index contributed by atoms with van der Waals surface area (Å²) >= 11 is 0. The number of carbonyl (C=O) groups is 1. The van der Waals surface area contributed by atoms with Gasteiger partial charge in [-0.1, -0.05) is 0 Å². The Bertz CT molecular complexity index is 481. The fourth-order valence-electron chi connectivity index (χ4n) is 0.964. The van der Waals surface area contributed by atoms with E-state index in [9.17, 15) is 13.2 Å². The van der Waals surface area contributed by atoms with E-state index < -0.39 is 22.0 Å². The van der Waals surface area contributed by atoms with Crippen LogP contribution >= 0.6 is 0 Å². The van der Waals surface area contributed by atoms with Crippen LogP contribution in [0.3, 0.4) is 0 Å². The zero-order chi connectivity index (χ0) is 12.3. The quantitative estimate of drug-likeness (QED) is 0.785. The minimum Gasteiger partial charge on any atom is -0.480 e. The van der Waals surface area contributed by atoms with Gasteiger partial charge in [0.1, 0.15) is 10.9 Å². The van der Waals surface area contributed by atoms with E-state index in [0.717, 1.165) is 0 Å². The fraction of sp³-hybridized carbons (Fsp3) is 0.333. The first kappa shape index (κ1) is 12.6. The number of aliphatic carboxylic acids is 1. The average molecular weight is 244 g/mol. The molecular formula is C9H12N2O4S. The van der Waals surface area contributed by atoms with Gasteiger partial charge in [-0.15, -0.1) is 0 Å². The van der Waals surface area contributed by atoms with Crippen LogP contribution in [0.2, 0.25) is 0 Å². The summed E-state index contributed by atoms with van der Waals surface area (Å²) in [5, 5.41) is 8.59. The molecular weight excluding hydrogens is 232 g/mol. The van der Waals surface area contributed by atoms with E-state index in [0.29, 0.717) is 5.69 Å². The summed E-state index contributed by atoms with van der Waals surface area (Å²) in [6.07, 6.45) is 1.19. The van der Waals surface area contributed by atoms with E-state index in [2.05, 4.69) is 4.98 Å². The van der Waals surface area contributed by atoms with E-state index in [1.165, 1.54) is 19.2 Å². The maximum absolute atomic E-state index is 11.6. The van der Waals surface area contributed by atoms with Crippen LogP contribution in [0.15, 0.2) is 23.2 Å². The van der Waals surface area contributed by atoms with E-state index in [-0.39, 0.29) is 4.90 Å². The molecule has 0 saturated carbocycles. The summed E-state index contributed by atoms with van der Waals surface area (Å²) in [5.74, 6) is -1.23. The molecule has 0 aliphatic carbocycles. The normalized spacial score (nSPS) is 13.4. The van der Waals surface area contributed by atoms with Crippen molar-refractivity contribution in [2.45, 2.75) is 24.8 Å². The molecule has 7 heteroatoms. The van der Waals surface area contributed by atoms with Crippen LogP contribution < -0.4 is 4.72 Å². The van der Waals surface area contributed by atoms with Crippen molar-refractivity contribution in [2.24, 2.45) is 0 Å². The van der Waals surface area contributed by atoms with Gasteiger partial charge >= 0.3 is 5.97 Å². The standard InChI is InChI=1S/C9H12N2O4S/c1-6-3-4-8(5-10-6)16(14,15)11-7(2)9(12)13/h3-5,7,11H,1-2H3,(H,12,13). The maximum Gasteiger partial charge on any atom is 0.321 e. The molecule has 6 nitrogen and oxygen atoms in total.